The molecule has 0 spiro atoms. The van der Waals surface area contributed by atoms with Gasteiger partial charge >= 0.3 is 5.97 Å². The van der Waals surface area contributed by atoms with Crippen LogP contribution >= 0.6 is 11.3 Å². The van der Waals surface area contributed by atoms with Gasteiger partial charge in [0.15, 0.2) is 0 Å². The molecule has 2 aromatic rings. The lowest BCUT2D eigenvalue weighted by Gasteiger charge is -2.17. The molecule has 4 nitrogen and oxygen atoms in total. The second kappa shape index (κ2) is 7.22. The first-order valence-electron chi connectivity index (χ1n) is 7.10. The Balaban J connectivity index is 2.10. The summed E-state index contributed by atoms with van der Waals surface area (Å²) in [4.78, 5) is 24.7. The number of rotatable bonds is 5. The van der Waals surface area contributed by atoms with E-state index in [0.717, 1.165) is 23.3 Å². The molecule has 1 N–H and O–H groups in total. The predicted molar refractivity (Wildman–Crippen MR) is 87.3 cm³/mol. The monoisotopic (exact) mass is 317 g/mol. The van der Waals surface area contributed by atoms with Crippen LogP contribution in [0, 0.1) is 6.92 Å². The second-order valence-corrected chi connectivity index (χ2v) is 6.08. The van der Waals surface area contributed by atoms with E-state index in [9.17, 15) is 9.59 Å². The van der Waals surface area contributed by atoms with E-state index in [-0.39, 0.29) is 11.9 Å². The number of carbonyl (C=O) groups excluding carboxylic acids is 2. The molecule has 116 valence electrons. The maximum atomic E-state index is 12.3. The molecule has 0 bridgehead atoms. The number of carbonyl (C=O) groups is 2. The molecule has 22 heavy (non-hydrogen) atoms. The molecule has 0 saturated carbocycles. The van der Waals surface area contributed by atoms with Crippen molar-refractivity contribution in [3.63, 3.8) is 0 Å². The van der Waals surface area contributed by atoms with Crippen molar-refractivity contribution in [1.29, 1.82) is 0 Å². The molecule has 1 amide bonds. The molecule has 0 aliphatic rings. The summed E-state index contributed by atoms with van der Waals surface area (Å²) < 4.78 is 4.65. The van der Waals surface area contributed by atoms with E-state index in [2.05, 4.69) is 10.1 Å². The van der Waals surface area contributed by atoms with Crippen molar-refractivity contribution >= 4 is 23.2 Å². The first kappa shape index (κ1) is 16.2. The highest BCUT2D eigenvalue weighted by molar-refractivity contribution is 7.15. The summed E-state index contributed by atoms with van der Waals surface area (Å²) in [5.41, 5.74) is 2.26. The third kappa shape index (κ3) is 3.74. The van der Waals surface area contributed by atoms with Crippen LogP contribution in [0.1, 0.15) is 49.9 Å². The van der Waals surface area contributed by atoms with Crippen LogP contribution in [0.5, 0.6) is 0 Å². The highest BCUT2D eigenvalue weighted by Crippen LogP contribution is 2.21. The van der Waals surface area contributed by atoms with Crippen LogP contribution in [0.2, 0.25) is 0 Å². The fourth-order valence-electron chi connectivity index (χ4n) is 2.12. The Morgan fingerprint density at radius 3 is 2.36 bits per heavy atom. The van der Waals surface area contributed by atoms with Crippen molar-refractivity contribution in [1.82, 2.24) is 5.32 Å². The van der Waals surface area contributed by atoms with Gasteiger partial charge in [0.05, 0.1) is 18.0 Å². The molecular formula is C17H19NO3S. The van der Waals surface area contributed by atoms with Crippen LogP contribution < -0.4 is 5.32 Å². The number of hydrogen-bond donors (Lipinski definition) is 1. The summed E-state index contributed by atoms with van der Waals surface area (Å²) in [5, 5.41) is 3.01. The Morgan fingerprint density at radius 1 is 1.14 bits per heavy atom. The third-order valence-electron chi connectivity index (χ3n) is 3.41. The molecule has 0 saturated heterocycles. The summed E-state index contributed by atoms with van der Waals surface area (Å²) in [5.74, 6) is -0.595. The number of amides is 1. The minimum Gasteiger partial charge on any atom is -0.465 e. The number of nitrogens with one attached hydrogen (secondary N) is 1. The Morgan fingerprint density at radius 2 is 1.77 bits per heavy atom. The van der Waals surface area contributed by atoms with Crippen LogP contribution in [-0.4, -0.2) is 19.0 Å². The van der Waals surface area contributed by atoms with Gasteiger partial charge in [-0.3, -0.25) is 4.79 Å². The normalized spacial score (nSPS) is 11.8. The van der Waals surface area contributed by atoms with Crippen LogP contribution in [0.3, 0.4) is 0 Å². The topological polar surface area (TPSA) is 55.4 Å². The summed E-state index contributed by atoms with van der Waals surface area (Å²) in [7, 11) is 1.33. The Labute approximate surface area is 134 Å². The van der Waals surface area contributed by atoms with E-state index in [1.54, 1.807) is 12.1 Å². The minimum absolute atomic E-state index is 0.0447. The van der Waals surface area contributed by atoms with E-state index in [1.807, 2.05) is 38.1 Å². The van der Waals surface area contributed by atoms with Crippen LogP contribution in [-0.2, 0) is 4.74 Å². The molecule has 1 aromatic carbocycles. The van der Waals surface area contributed by atoms with Crippen LogP contribution in [0.25, 0.3) is 0 Å². The number of esters is 1. The maximum Gasteiger partial charge on any atom is 0.348 e. The zero-order valence-corrected chi connectivity index (χ0v) is 13.7. The van der Waals surface area contributed by atoms with Gasteiger partial charge in [-0.1, -0.05) is 36.8 Å². The zero-order chi connectivity index (χ0) is 16.1. The smallest absolute Gasteiger partial charge is 0.348 e. The summed E-state index contributed by atoms with van der Waals surface area (Å²) in [6.45, 7) is 4.06. The molecule has 0 aliphatic carbocycles. The first-order chi connectivity index (χ1) is 10.5. The minimum atomic E-state index is -0.422. The van der Waals surface area contributed by atoms with Gasteiger partial charge in [0, 0.05) is 0 Å². The fourth-order valence-corrected chi connectivity index (χ4v) is 2.95. The quantitative estimate of drug-likeness (QED) is 0.855. The molecular weight excluding hydrogens is 298 g/mol. The predicted octanol–water partition coefficient (Wildman–Crippen LogP) is 3.72. The van der Waals surface area contributed by atoms with Gasteiger partial charge in [0.1, 0.15) is 4.88 Å². The molecule has 1 aromatic heterocycles. The molecule has 0 fully saturated rings. The number of ether oxygens (including phenoxy) is 1. The van der Waals surface area contributed by atoms with Gasteiger partial charge in [-0.25, -0.2) is 4.79 Å². The number of aryl methyl sites for hydroxylation is 1. The van der Waals surface area contributed by atoms with Gasteiger partial charge in [0.2, 0.25) is 0 Å². The Bertz CT molecular complexity index is 661. The van der Waals surface area contributed by atoms with Gasteiger partial charge in [-0.2, -0.15) is 0 Å². The number of hydrogen-bond acceptors (Lipinski definition) is 4. The second-order valence-electron chi connectivity index (χ2n) is 5.00. The van der Waals surface area contributed by atoms with E-state index in [1.165, 1.54) is 12.7 Å². The standard InChI is InChI=1S/C17H19NO3S/c1-4-13(12-7-5-11(2)6-8-12)18-16(19)14-9-10-15(22-14)17(20)21-3/h5-10,13H,4H2,1-3H3,(H,18,19). The molecule has 1 heterocycles. The van der Waals surface area contributed by atoms with Gasteiger partial charge in [-0.15, -0.1) is 11.3 Å². The van der Waals surface area contributed by atoms with Crippen molar-refractivity contribution in [2.24, 2.45) is 0 Å². The highest BCUT2D eigenvalue weighted by atomic mass is 32.1. The highest BCUT2D eigenvalue weighted by Gasteiger charge is 2.17. The van der Waals surface area contributed by atoms with Gasteiger partial charge < -0.3 is 10.1 Å². The fraction of sp³-hybridized carbons (Fsp3) is 0.294. The van der Waals surface area contributed by atoms with Crippen LogP contribution in [0.15, 0.2) is 36.4 Å². The molecule has 1 atom stereocenters. The van der Waals surface area contributed by atoms with Crippen molar-refractivity contribution in [3.8, 4) is 0 Å². The zero-order valence-electron chi connectivity index (χ0n) is 12.9. The Hall–Kier alpha value is -2.14. The number of benzene rings is 1. The van der Waals surface area contributed by atoms with E-state index in [0.29, 0.717) is 9.75 Å². The van der Waals surface area contributed by atoms with E-state index >= 15 is 0 Å². The number of thiophene rings is 1. The SMILES string of the molecule is CCC(NC(=O)c1ccc(C(=O)OC)s1)c1ccc(C)cc1. The average Bonchev–Trinajstić information content (AvgIpc) is 3.02. The third-order valence-corrected chi connectivity index (χ3v) is 4.47. The Kier molecular flexibility index (Phi) is 5.33. The van der Waals surface area contributed by atoms with Crippen molar-refractivity contribution in [2.45, 2.75) is 26.3 Å². The van der Waals surface area contributed by atoms with Gasteiger partial charge in [0.25, 0.3) is 5.91 Å². The largest absolute Gasteiger partial charge is 0.465 e. The molecule has 0 aliphatic heterocycles. The van der Waals surface area contributed by atoms with Crippen molar-refractivity contribution in [2.75, 3.05) is 7.11 Å². The first-order valence-corrected chi connectivity index (χ1v) is 7.92. The lowest BCUT2D eigenvalue weighted by molar-refractivity contribution is 0.0606. The summed E-state index contributed by atoms with van der Waals surface area (Å²) in [6, 6.07) is 11.3. The van der Waals surface area contributed by atoms with Crippen LogP contribution in [0.4, 0.5) is 0 Å². The van der Waals surface area contributed by atoms with Gasteiger partial charge in [-0.05, 0) is 31.0 Å². The molecule has 1 unspecified atom stereocenters. The lowest BCUT2D eigenvalue weighted by Crippen LogP contribution is -2.27. The van der Waals surface area contributed by atoms with E-state index < -0.39 is 5.97 Å². The molecule has 0 radical (unpaired) electrons. The molecule has 5 heteroatoms. The van der Waals surface area contributed by atoms with Crippen molar-refractivity contribution in [3.05, 3.63) is 57.3 Å². The van der Waals surface area contributed by atoms with E-state index in [4.69, 9.17) is 0 Å². The number of methoxy groups -OCH3 is 1. The lowest BCUT2D eigenvalue weighted by atomic mass is 10.0. The molecule has 2 rings (SSSR count). The van der Waals surface area contributed by atoms with Crippen molar-refractivity contribution < 1.29 is 14.3 Å². The summed E-state index contributed by atoms with van der Waals surface area (Å²) in [6.07, 6.45) is 0.796. The summed E-state index contributed by atoms with van der Waals surface area (Å²) >= 11 is 1.14. The maximum absolute atomic E-state index is 12.3. The average molecular weight is 317 g/mol.